The van der Waals surface area contributed by atoms with Gasteiger partial charge in [0.05, 0.1) is 18.5 Å². The van der Waals surface area contributed by atoms with Crippen LogP contribution in [0.4, 0.5) is 4.39 Å². The number of nitrogens with zero attached hydrogens (tertiary/aromatic N) is 3. The molecule has 0 aliphatic carbocycles. The van der Waals surface area contributed by atoms with Gasteiger partial charge in [0.15, 0.2) is 0 Å². The van der Waals surface area contributed by atoms with E-state index in [1.165, 1.54) is 22.4 Å². The number of hydrogen-bond donors (Lipinski definition) is 0. The summed E-state index contributed by atoms with van der Waals surface area (Å²) in [6.07, 6.45) is 2.97. The van der Waals surface area contributed by atoms with Gasteiger partial charge in [-0.05, 0) is 54.5 Å². The zero-order chi connectivity index (χ0) is 22.1. The highest BCUT2D eigenvalue weighted by molar-refractivity contribution is 6.31. The molecule has 1 aliphatic heterocycles. The normalized spacial score (nSPS) is 14.5. The number of methoxy groups -OCH3 is 1. The second-order valence-electron chi connectivity index (χ2n) is 7.44. The highest BCUT2D eigenvalue weighted by Crippen LogP contribution is 2.33. The third-order valence-electron chi connectivity index (χ3n) is 5.57. The highest BCUT2D eigenvalue weighted by Gasteiger charge is 2.22. The van der Waals surface area contributed by atoms with Crippen LogP contribution in [0, 0.1) is 5.82 Å². The molecule has 3 aromatic rings. The van der Waals surface area contributed by atoms with E-state index in [0.29, 0.717) is 29.5 Å². The Morgan fingerprint density at radius 1 is 1.13 bits per heavy atom. The standard InChI is InChI=1S/C23H22Cl2FN3O2/c1-27-20(22(25)23(30)29(27)18-6-4-17(26)5-7-18)14-28-11-9-15(10-12-28)19-13-16(24)3-8-21(19)31-2/h3-9,13H,10-12,14H2,1-2H3. The third-order valence-corrected chi connectivity index (χ3v) is 6.18. The molecule has 0 bridgehead atoms. The smallest absolute Gasteiger partial charge is 0.290 e. The lowest BCUT2D eigenvalue weighted by Gasteiger charge is -2.27. The number of halogens is 3. The molecule has 0 unspecified atom stereocenters. The summed E-state index contributed by atoms with van der Waals surface area (Å²) in [7, 11) is 3.44. The molecule has 5 nitrogen and oxygen atoms in total. The Kier molecular flexibility index (Phi) is 6.23. The number of aromatic nitrogens is 2. The first-order valence-corrected chi connectivity index (χ1v) is 10.6. The minimum atomic E-state index is -0.357. The van der Waals surface area contributed by atoms with Crippen molar-refractivity contribution in [3.8, 4) is 11.4 Å². The van der Waals surface area contributed by atoms with Crippen LogP contribution >= 0.6 is 23.2 Å². The van der Waals surface area contributed by atoms with Crippen molar-refractivity contribution in [1.82, 2.24) is 14.3 Å². The molecule has 2 aromatic carbocycles. The Balaban J connectivity index is 1.57. The van der Waals surface area contributed by atoms with Crippen LogP contribution in [0.1, 0.15) is 17.7 Å². The van der Waals surface area contributed by atoms with E-state index < -0.39 is 0 Å². The van der Waals surface area contributed by atoms with E-state index in [2.05, 4.69) is 11.0 Å². The fourth-order valence-electron chi connectivity index (χ4n) is 3.90. The lowest BCUT2D eigenvalue weighted by molar-refractivity contribution is 0.284. The molecule has 31 heavy (non-hydrogen) atoms. The van der Waals surface area contributed by atoms with E-state index in [9.17, 15) is 9.18 Å². The summed E-state index contributed by atoms with van der Waals surface area (Å²) < 4.78 is 21.9. The average molecular weight is 462 g/mol. The summed E-state index contributed by atoms with van der Waals surface area (Å²) in [5.41, 5.74) is 3.15. The second kappa shape index (κ2) is 8.91. The molecule has 0 atom stereocenters. The van der Waals surface area contributed by atoms with Gasteiger partial charge < -0.3 is 4.74 Å². The van der Waals surface area contributed by atoms with Gasteiger partial charge in [0.2, 0.25) is 0 Å². The van der Waals surface area contributed by atoms with Crippen LogP contribution in [0.2, 0.25) is 10.0 Å². The Morgan fingerprint density at radius 2 is 1.87 bits per heavy atom. The molecule has 0 fully saturated rings. The Bertz CT molecular complexity index is 1200. The van der Waals surface area contributed by atoms with Crippen molar-refractivity contribution in [2.45, 2.75) is 13.0 Å². The number of hydrogen-bond acceptors (Lipinski definition) is 3. The Labute approximate surface area is 189 Å². The molecule has 1 aromatic heterocycles. The quantitative estimate of drug-likeness (QED) is 0.541. The maximum atomic E-state index is 13.3. The Hall–Kier alpha value is -2.54. The van der Waals surface area contributed by atoms with Gasteiger partial charge in [-0.25, -0.2) is 9.07 Å². The second-order valence-corrected chi connectivity index (χ2v) is 8.25. The monoisotopic (exact) mass is 461 g/mol. The van der Waals surface area contributed by atoms with Crippen molar-refractivity contribution < 1.29 is 9.13 Å². The van der Waals surface area contributed by atoms with Crippen LogP contribution in [0.15, 0.2) is 53.3 Å². The molecule has 1 aliphatic rings. The molecule has 0 spiro atoms. The van der Waals surface area contributed by atoms with Crippen molar-refractivity contribution in [3.63, 3.8) is 0 Å². The van der Waals surface area contributed by atoms with Crippen LogP contribution < -0.4 is 10.3 Å². The molecule has 0 amide bonds. The van der Waals surface area contributed by atoms with Gasteiger partial charge in [0.1, 0.15) is 16.6 Å². The van der Waals surface area contributed by atoms with E-state index >= 15 is 0 Å². The summed E-state index contributed by atoms with van der Waals surface area (Å²) in [6.45, 7) is 2.03. The van der Waals surface area contributed by atoms with Crippen molar-refractivity contribution in [1.29, 1.82) is 0 Å². The van der Waals surface area contributed by atoms with Crippen LogP contribution in [-0.2, 0) is 13.6 Å². The molecule has 0 saturated heterocycles. The maximum absolute atomic E-state index is 13.3. The first-order valence-electron chi connectivity index (χ1n) is 9.86. The summed E-state index contributed by atoms with van der Waals surface area (Å²) in [5, 5.41) is 0.848. The molecule has 0 N–H and O–H groups in total. The van der Waals surface area contributed by atoms with Crippen LogP contribution in [0.25, 0.3) is 11.3 Å². The van der Waals surface area contributed by atoms with Crippen molar-refractivity contribution in [2.24, 2.45) is 7.05 Å². The predicted molar refractivity (Wildman–Crippen MR) is 122 cm³/mol. The van der Waals surface area contributed by atoms with Crippen LogP contribution in [0.3, 0.4) is 0 Å². The molecule has 162 valence electrons. The number of rotatable bonds is 5. The molecular weight excluding hydrogens is 440 g/mol. The topological polar surface area (TPSA) is 39.4 Å². The Morgan fingerprint density at radius 3 is 2.52 bits per heavy atom. The van der Waals surface area contributed by atoms with Gasteiger partial charge in [-0.1, -0.05) is 29.3 Å². The van der Waals surface area contributed by atoms with Crippen molar-refractivity contribution in [3.05, 3.63) is 86.0 Å². The molecule has 8 heteroatoms. The van der Waals surface area contributed by atoms with E-state index in [-0.39, 0.29) is 16.4 Å². The SMILES string of the molecule is COc1ccc(Cl)cc1C1=CCN(Cc2c(Cl)c(=O)n(-c3ccc(F)cc3)n2C)CC1. The number of ether oxygens (including phenoxy) is 1. The molecule has 0 radical (unpaired) electrons. The molecule has 0 saturated carbocycles. The highest BCUT2D eigenvalue weighted by atomic mass is 35.5. The van der Waals surface area contributed by atoms with Crippen molar-refractivity contribution >= 4 is 28.8 Å². The largest absolute Gasteiger partial charge is 0.496 e. The van der Waals surface area contributed by atoms with Gasteiger partial charge in [0.25, 0.3) is 5.56 Å². The lowest BCUT2D eigenvalue weighted by atomic mass is 9.98. The fourth-order valence-corrected chi connectivity index (χ4v) is 4.34. The van der Waals surface area contributed by atoms with E-state index in [0.717, 1.165) is 24.3 Å². The van der Waals surface area contributed by atoms with E-state index in [4.69, 9.17) is 27.9 Å². The summed E-state index contributed by atoms with van der Waals surface area (Å²) >= 11 is 12.6. The zero-order valence-electron chi connectivity index (χ0n) is 17.2. The first-order chi connectivity index (χ1) is 14.9. The van der Waals surface area contributed by atoms with Gasteiger partial charge in [-0.2, -0.15) is 0 Å². The average Bonchev–Trinajstić information content (AvgIpc) is 2.98. The summed E-state index contributed by atoms with van der Waals surface area (Å²) in [4.78, 5) is 15.0. The molecule has 2 heterocycles. The predicted octanol–water partition coefficient (Wildman–Crippen LogP) is 4.92. The zero-order valence-corrected chi connectivity index (χ0v) is 18.8. The van der Waals surface area contributed by atoms with E-state index in [1.807, 2.05) is 18.2 Å². The first kappa shape index (κ1) is 21.7. The molecule has 4 rings (SSSR count). The number of benzene rings is 2. The third kappa shape index (κ3) is 4.28. The minimum Gasteiger partial charge on any atom is -0.496 e. The summed E-state index contributed by atoms with van der Waals surface area (Å²) in [5.74, 6) is 0.440. The van der Waals surface area contributed by atoms with Gasteiger partial charge in [0, 0.05) is 37.3 Å². The minimum absolute atomic E-state index is 0.179. The lowest BCUT2D eigenvalue weighted by Crippen LogP contribution is -2.29. The van der Waals surface area contributed by atoms with Gasteiger partial charge >= 0.3 is 0 Å². The van der Waals surface area contributed by atoms with Crippen LogP contribution in [-0.4, -0.2) is 34.5 Å². The van der Waals surface area contributed by atoms with Crippen LogP contribution in [0.5, 0.6) is 5.75 Å². The maximum Gasteiger partial charge on any atom is 0.290 e. The van der Waals surface area contributed by atoms with Crippen molar-refractivity contribution in [2.75, 3.05) is 20.2 Å². The fraction of sp³-hybridized carbons (Fsp3) is 0.261. The van der Waals surface area contributed by atoms with E-state index in [1.54, 1.807) is 31.0 Å². The summed E-state index contributed by atoms with van der Waals surface area (Å²) in [6, 6.07) is 11.4. The van der Waals surface area contributed by atoms with Gasteiger partial charge in [-0.15, -0.1) is 0 Å². The van der Waals surface area contributed by atoms with Gasteiger partial charge in [-0.3, -0.25) is 14.4 Å². The molecular formula is C23H22Cl2FN3O2.